The second kappa shape index (κ2) is 6.95. The molecule has 0 N–H and O–H groups in total. The molecule has 0 saturated carbocycles. The lowest BCUT2D eigenvalue weighted by molar-refractivity contribution is 0.0923. The second-order valence-electron chi connectivity index (χ2n) is 6.18. The fourth-order valence-electron chi connectivity index (χ4n) is 3.36. The molecule has 1 saturated heterocycles. The third-order valence-corrected chi connectivity index (χ3v) is 5.58. The average Bonchev–Trinajstić information content (AvgIpc) is 3.32. The number of piperidine rings is 1. The van der Waals surface area contributed by atoms with Gasteiger partial charge in [-0.05, 0) is 31.9 Å². The number of fused-ring (bicyclic) bond motifs is 1. The number of hydrogen-bond acceptors (Lipinski definition) is 6. The average molecular weight is 373 g/mol. The molecule has 136 valence electrons. The summed E-state index contributed by atoms with van der Waals surface area (Å²) in [4.78, 5) is 31.8. The zero-order valence-corrected chi connectivity index (χ0v) is 15.2. The smallest absolute Gasteiger partial charge is 0.409 e. The number of rotatable bonds is 3. The zero-order valence-electron chi connectivity index (χ0n) is 14.4. The summed E-state index contributed by atoms with van der Waals surface area (Å²) >= 11 is 1.44. The van der Waals surface area contributed by atoms with E-state index in [1.54, 1.807) is 35.0 Å². The van der Waals surface area contributed by atoms with Gasteiger partial charge in [0.05, 0.1) is 24.6 Å². The van der Waals surface area contributed by atoms with Gasteiger partial charge in [-0.15, -0.1) is 11.3 Å². The summed E-state index contributed by atoms with van der Waals surface area (Å²) in [5.74, 6) is 0.671. The molecule has 1 aliphatic rings. The van der Waals surface area contributed by atoms with Crippen LogP contribution in [0.5, 0.6) is 0 Å². The van der Waals surface area contributed by atoms with Gasteiger partial charge in [-0.3, -0.25) is 9.36 Å². The van der Waals surface area contributed by atoms with E-state index in [1.165, 1.54) is 11.3 Å². The van der Waals surface area contributed by atoms with Crippen molar-refractivity contribution in [2.24, 2.45) is 0 Å². The molecule has 0 spiro atoms. The van der Waals surface area contributed by atoms with Crippen molar-refractivity contribution in [2.75, 3.05) is 19.7 Å². The predicted octanol–water partition coefficient (Wildman–Crippen LogP) is 3.51. The Morgan fingerprint density at radius 2 is 2.23 bits per heavy atom. The summed E-state index contributed by atoms with van der Waals surface area (Å²) in [6, 6.07) is 3.67. The first-order chi connectivity index (χ1) is 12.7. The summed E-state index contributed by atoms with van der Waals surface area (Å²) in [5, 5.41) is 2.51. The number of likely N-dealkylation sites (tertiary alicyclic amines) is 1. The maximum atomic E-state index is 13.1. The van der Waals surface area contributed by atoms with Crippen LogP contribution in [0.15, 0.2) is 39.3 Å². The Kier molecular flexibility index (Phi) is 4.50. The molecule has 4 rings (SSSR count). The van der Waals surface area contributed by atoms with Crippen molar-refractivity contribution in [1.29, 1.82) is 0 Å². The van der Waals surface area contributed by atoms with Crippen LogP contribution in [0, 0.1) is 0 Å². The number of carbonyl (C=O) groups is 1. The molecule has 0 aliphatic carbocycles. The minimum Gasteiger partial charge on any atom is -0.464 e. The van der Waals surface area contributed by atoms with E-state index in [0.717, 1.165) is 5.56 Å². The number of furan rings is 1. The predicted molar refractivity (Wildman–Crippen MR) is 98.4 cm³/mol. The van der Waals surface area contributed by atoms with Crippen LogP contribution in [0.3, 0.4) is 0 Å². The quantitative estimate of drug-likeness (QED) is 0.702. The third-order valence-electron chi connectivity index (χ3n) is 4.69. The highest BCUT2D eigenvalue weighted by atomic mass is 32.1. The van der Waals surface area contributed by atoms with Crippen molar-refractivity contribution in [3.8, 4) is 11.3 Å². The molecule has 0 atom stereocenters. The first-order valence-corrected chi connectivity index (χ1v) is 9.51. The van der Waals surface area contributed by atoms with Gasteiger partial charge in [0.1, 0.15) is 10.6 Å². The summed E-state index contributed by atoms with van der Waals surface area (Å²) < 4.78 is 12.2. The Morgan fingerprint density at radius 3 is 2.92 bits per heavy atom. The lowest BCUT2D eigenvalue weighted by atomic mass is 10.0. The van der Waals surface area contributed by atoms with Crippen LogP contribution in [0.4, 0.5) is 4.79 Å². The number of thiophene rings is 1. The van der Waals surface area contributed by atoms with Crippen LogP contribution in [0.2, 0.25) is 0 Å². The molecular weight excluding hydrogens is 354 g/mol. The van der Waals surface area contributed by atoms with Crippen LogP contribution < -0.4 is 5.56 Å². The molecule has 1 aliphatic heterocycles. The number of ether oxygens (including phenoxy) is 1. The Bertz CT molecular complexity index is 968. The van der Waals surface area contributed by atoms with Crippen molar-refractivity contribution < 1.29 is 13.9 Å². The summed E-state index contributed by atoms with van der Waals surface area (Å²) in [6.45, 7) is 3.31. The second-order valence-corrected chi connectivity index (χ2v) is 7.04. The minimum atomic E-state index is -0.287. The molecule has 0 radical (unpaired) electrons. The van der Waals surface area contributed by atoms with E-state index in [-0.39, 0.29) is 17.7 Å². The van der Waals surface area contributed by atoms with Gasteiger partial charge in [0, 0.05) is 30.1 Å². The van der Waals surface area contributed by atoms with Crippen molar-refractivity contribution in [3.05, 3.63) is 40.5 Å². The summed E-state index contributed by atoms with van der Waals surface area (Å²) in [6.07, 6.45) is 4.33. The maximum absolute atomic E-state index is 13.1. The Hall–Kier alpha value is -2.61. The Morgan fingerprint density at radius 1 is 1.42 bits per heavy atom. The molecule has 4 heterocycles. The first kappa shape index (κ1) is 16.8. The van der Waals surface area contributed by atoms with Crippen molar-refractivity contribution >= 4 is 27.6 Å². The van der Waals surface area contributed by atoms with Crippen LogP contribution in [0.25, 0.3) is 21.5 Å². The van der Waals surface area contributed by atoms with E-state index >= 15 is 0 Å². The number of nitrogens with zero attached hydrogens (tertiary/aromatic N) is 3. The fraction of sp³-hybridized carbons (Fsp3) is 0.389. The number of amides is 1. The van der Waals surface area contributed by atoms with Crippen LogP contribution in [0.1, 0.15) is 25.8 Å². The van der Waals surface area contributed by atoms with E-state index < -0.39 is 0 Å². The SMILES string of the molecule is CCOC(=O)N1CCC(n2cnc3scc(-c4ccco4)c3c2=O)CC1. The summed E-state index contributed by atoms with van der Waals surface area (Å²) in [5.41, 5.74) is 0.725. The monoisotopic (exact) mass is 373 g/mol. The van der Waals surface area contributed by atoms with Crippen molar-refractivity contribution in [2.45, 2.75) is 25.8 Å². The van der Waals surface area contributed by atoms with Crippen LogP contribution in [-0.4, -0.2) is 40.2 Å². The molecule has 7 nitrogen and oxygen atoms in total. The molecule has 1 amide bonds. The normalized spacial score (nSPS) is 15.5. The lowest BCUT2D eigenvalue weighted by Crippen LogP contribution is -2.41. The van der Waals surface area contributed by atoms with Crippen molar-refractivity contribution in [3.63, 3.8) is 0 Å². The largest absolute Gasteiger partial charge is 0.464 e. The Labute approximate surface area is 153 Å². The van der Waals surface area contributed by atoms with E-state index in [9.17, 15) is 9.59 Å². The van der Waals surface area contributed by atoms with E-state index in [2.05, 4.69) is 4.98 Å². The molecule has 0 bridgehead atoms. The molecule has 8 heteroatoms. The van der Waals surface area contributed by atoms with Gasteiger partial charge in [-0.25, -0.2) is 9.78 Å². The standard InChI is InChI=1S/C18H19N3O4S/c1-2-24-18(23)20-7-5-12(6-8-20)21-11-19-16-15(17(21)22)13(10-26-16)14-4-3-9-25-14/h3-4,9-12H,2,5-8H2,1H3. The molecular formula is C18H19N3O4S. The lowest BCUT2D eigenvalue weighted by Gasteiger charge is -2.31. The number of hydrogen-bond donors (Lipinski definition) is 0. The van der Waals surface area contributed by atoms with Gasteiger partial charge >= 0.3 is 6.09 Å². The number of aromatic nitrogens is 2. The zero-order chi connectivity index (χ0) is 18.1. The molecule has 3 aromatic rings. The van der Waals surface area contributed by atoms with E-state index in [4.69, 9.17) is 9.15 Å². The highest BCUT2D eigenvalue weighted by Gasteiger charge is 2.26. The van der Waals surface area contributed by atoms with Gasteiger partial charge in [-0.2, -0.15) is 0 Å². The van der Waals surface area contributed by atoms with E-state index in [1.807, 2.05) is 11.4 Å². The first-order valence-electron chi connectivity index (χ1n) is 8.63. The minimum absolute atomic E-state index is 0.0226. The number of carbonyl (C=O) groups excluding carboxylic acids is 1. The Balaban J connectivity index is 1.62. The summed E-state index contributed by atoms with van der Waals surface area (Å²) in [7, 11) is 0. The van der Waals surface area contributed by atoms with Gasteiger partial charge in [0.15, 0.2) is 0 Å². The molecule has 0 aromatic carbocycles. The van der Waals surface area contributed by atoms with Gasteiger partial charge in [-0.1, -0.05) is 0 Å². The van der Waals surface area contributed by atoms with Gasteiger partial charge < -0.3 is 14.1 Å². The highest BCUT2D eigenvalue weighted by Crippen LogP contribution is 2.31. The molecule has 3 aromatic heterocycles. The topological polar surface area (TPSA) is 77.6 Å². The molecule has 0 unspecified atom stereocenters. The highest BCUT2D eigenvalue weighted by molar-refractivity contribution is 7.17. The maximum Gasteiger partial charge on any atom is 0.409 e. The van der Waals surface area contributed by atoms with Crippen molar-refractivity contribution in [1.82, 2.24) is 14.5 Å². The van der Waals surface area contributed by atoms with E-state index in [0.29, 0.717) is 48.5 Å². The van der Waals surface area contributed by atoms with Crippen LogP contribution >= 0.6 is 11.3 Å². The van der Waals surface area contributed by atoms with Gasteiger partial charge in [0.25, 0.3) is 5.56 Å². The van der Waals surface area contributed by atoms with Gasteiger partial charge in [0.2, 0.25) is 0 Å². The molecule has 1 fully saturated rings. The molecule has 26 heavy (non-hydrogen) atoms. The third kappa shape index (κ3) is 2.90. The fourth-order valence-corrected chi connectivity index (χ4v) is 4.25. The van der Waals surface area contributed by atoms with Crippen LogP contribution in [-0.2, 0) is 4.74 Å².